The molecule has 114 valence electrons. The van der Waals surface area contributed by atoms with Crippen LogP contribution in [0.5, 0.6) is 0 Å². The Morgan fingerprint density at radius 2 is 2.00 bits per heavy atom. The van der Waals surface area contributed by atoms with Gasteiger partial charge in [0.2, 0.25) is 0 Å². The SMILES string of the molecule is CCCN(CC(F)(F)F)c1ccc(Br)cc1C(C)NC. The van der Waals surface area contributed by atoms with Gasteiger partial charge in [-0.25, -0.2) is 0 Å². The third kappa shape index (κ3) is 4.98. The van der Waals surface area contributed by atoms with E-state index in [4.69, 9.17) is 0 Å². The highest BCUT2D eigenvalue weighted by Gasteiger charge is 2.31. The first kappa shape index (κ1) is 17.3. The third-order valence-electron chi connectivity index (χ3n) is 3.09. The molecule has 1 aromatic rings. The minimum Gasteiger partial charge on any atom is -0.362 e. The average Bonchev–Trinajstić information content (AvgIpc) is 2.35. The van der Waals surface area contributed by atoms with Gasteiger partial charge in [-0.1, -0.05) is 22.9 Å². The zero-order chi connectivity index (χ0) is 15.3. The Hall–Kier alpha value is -0.750. The lowest BCUT2D eigenvalue weighted by Crippen LogP contribution is -2.36. The summed E-state index contributed by atoms with van der Waals surface area (Å²) in [4.78, 5) is 1.40. The molecular weight excluding hydrogens is 333 g/mol. The Morgan fingerprint density at radius 3 is 2.50 bits per heavy atom. The second-order valence-corrected chi connectivity index (χ2v) is 5.67. The Kier molecular flexibility index (Phi) is 6.33. The van der Waals surface area contributed by atoms with Crippen LogP contribution in [0.2, 0.25) is 0 Å². The quantitative estimate of drug-likeness (QED) is 0.810. The predicted octanol–water partition coefficient (Wildman–Crippen LogP) is 4.51. The highest BCUT2D eigenvalue weighted by Crippen LogP contribution is 2.31. The van der Waals surface area contributed by atoms with Gasteiger partial charge < -0.3 is 10.2 Å². The maximum atomic E-state index is 12.7. The molecule has 0 fully saturated rings. The normalized spacial score (nSPS) is 13.3. The van der Waals surface area contributed by atoms with Crippen LogP contribution in [-0.4, -0.2) is 26.3 Å². The molecule has 0 bridgehead atoms. The molecule has 0 heterocycles. The predicted molar refractivity (Wildman–Crippen MR) is 80.2 cm³/mol. The molecule has 0 aromatic heterocycles. The molecule has 0 aliphatic rings. The zero-order valence-corrected chi connectivity index (χ0v) is 13.5. The van der Waals surface area contributed by atoms with E-state index in [2.05, 4.69) is 21.2 Å². The lowest BCUT2D eigenvalue weighted by Gasteiger charge is -2.29. The fraction of sp³-hybridized carbons (Fsp3) is 0.571. The summed E-state index contributed by atoms with van der Waals surface area (Å²) in [5, 5.41) is 3.08. The van der Waals surface area contributed by atoms with Crippen molar-refractivity contribution in [2.75, 3.05) is 25.0 Å². The van der Waals surface area contributed by atoms with Crippen molar-refractivity contribution in [3.8, 4) is 0 Å². The molecule has 0 saturated heterocycles. The highest BCUT2D eigenvalue weighted by atomic mass is 79.9. The Labute approximate surface area is 126 Å². The third-order valence-corrected chi connectivity index (χ3v) is 3.59. The summed E-state index contributed by atoms with van der Waals surface area (Å²) in [6.45, 7) is 3.27. The molecule has 0 aliphatic carbocycles. The average molecular weight is 353 g/mol. The number of nitrogens with one attached hydrogen (secondary N) is 1. The van der Waals surface area contributed by atoms with Crippen LogP contribution in [0, 0.1) is 0 Å². The van der Waals surface area contributed by atoms with Crippen molar-refractivity contribution in [3.63, 3.8) is 0 Å². The van der Waals surface area contributed by atoms with Gasteiger partial charge in [-0.3, -0.25) is 0 Å². The van der Waals surface area contributed by atoms with Gasteiger partial charge >= 0.3 is 6.18 Å². The molecule has 0 spiro atoms. The molecule has 20 heavy (non-hydrogen) atoms. The van der Waals surface area contributed by atoms with E-state index in [-0.39, 0.29) is 6.04 Å². The second-order valence-electron chi connectivity index (χ2n) is 4.75. The minimum absolute atomic E-state index is 0.0184. The van der Waals surface area contributed by atoms with E-state index in [1.807, 2.05) is 19.9 Å². The molecule has 0 saturated carbocycles. The van der Waals surface area contributed by atoms with Crippen molar-refractivity contribution in [3.05, 3.63) is 28.2 Å². The molecule has 0 aliphatic heterocycles. The standard InChI is InChI=1S/C14H20BrF3N2/c1-4-7-20(9-14(16,17)18)13-6-5-11(15)8-12(13)10(2)19-3/h5-6,8,10,19H,4,7,9H2,1-3H3. The summed E-state index contributed by atoms with van der Waals surface area (Å²) in [5.74, 6) is 0. The van der Waals surface area contributed by atoms with Gasteiger partial charge in [0.25, 0.3) is 0 Å². The van der Waals surface area contributed by atoms with E-state index in [1.165, 1.54) is 4.90 Å². The first-order chi connectivity index (χ1) is 9.28. The van der Waals surface area contributed by atoms with E-state index in [9.17, 15) is 13.2 Å². The monoisotopic (exact) mass is 352 g/mol. The minimum atomic E-state index is -4.21. The highest BCUT2D eigenvalue weighted by molar-refractivity contribution is 9.10. The van der Waals surface area contributed by atoms with Crippen LogP contribution in [0.1, 0.15) is 31.9 Å². The van der Waals surface area contributed by atoms with Crippen molar-refractivity contribution < 1.29 is 13.2 Å². The van der Waals surface area contributed by atoms with Crippen LogP contribution >= 0.6 is 15.9 Å². The van der Waals surface area contributed by atoms with Crippen molar-refractivity contribution >= 4 is 21.6 Å². The topological polar surface area (TPSA) is 15.3 Å². The smallest absolute Gasteiger partial charge is 0.362 e. The van der Waals surface area contributed by atoms with Crippen molar-refractivity contribution in [2.24, 2.45) is 0 Å². The summed E-state index contributed by atoms with van der Waals surface area (Å²) in [7, 11) is 1.79. The van der Waals surface area contributed by atoms with Gasteiger partial charge in [0, 0.05) is 22.7 Å². The van der Waals surface area contributed by atoms with E-state index in [0.717, 1.165) is 10.0 Å². The first-order valence-corrected chi connectivity index (χ1v) is 7.36. The number of hydrogen-bond acceptors (Lipinski definition) is 2. The molecular formula is C14H20BrF3N2. The number of rotatable bonds is 6. The van der Waals surface area contributed by atoms with Gasteiger partial charge in [0.15, 0.2) is 0 Å². The van der Waals surface area contributed by atoms with E-state index >= 15 is 0 Å². The number of anilines is 1. The van der Waals surface area contributed by atoms with Crippen LogP contribution < -0.4 is 10.2 Å². The molecule has 6 heteroatoms. The summed E-state index contributed by atoms with van der Waals surface area (Å²) >= 11 is 3.37. The van der Waals surface area contributed by atoms with Gasteiger partial charge in [-0.2, -0.15) is 13.2 Å². The zero-order valence-electron chi connectivity index (χ0n) is 11.9. The van der Waals surface area contributed by atoms with E-state index in [1.54, 1.807) is 19.2 Å². The lowest BCUT2D eigenvalue weighted by molar-refractivity contribution is -0.119. The van der Waals surface area contributed by atoms with Crippen molar-refractivity contribution in [2.45, 2.75) is 32.5 Å². The van der Waals surface area contributed by atoms with Crippen molar-refractivity contribution in [1.29, 1.82) is 0 Å². The summed E-state index contributed by atoms with van der Waals surface area (Å²) < 4.78 is 39.1. The maximum Gasteiger partial charge on any atom is 0.405 e. The fourth-order valence-corrected chi connectivity index (χ4v) is 2.47. The van der Waals surface area contributed by atoms with E-state index in [0.29, 0.717) is 18.7 Å². The molecule has 1 rings (SSSR count). The molecule has 0 radical (unpaired) electrons. The van der Waals surface area contributed by atoms with Gasteiger partial charge in [-0.15, -0.1) is 0 Å². The van der Waals surface area contributed by atoms with Crippen molar-refractivity contribution in [1.82, 2.24) is 5.32 Å². The fourth-order valence-electron chi connectivity index (χ4n) is 2.09. The van der Waals surface area contributed by atoms with Gasteiger partial charge in [-0.05, 0) is 44.2 Å². The summed E-state index contributed by atoms with van der Waals surface area (Å²) in [6.07, 6.45) is -3.54. The maximum absolute atomic E-state index is 12.7. The Morgan fingerprint density at radius 1 is 1.35 bits per heavy atom. The number of alkyl halides is 3. The largest absolute Gasteiger partial charge is 0.405 e. The van der Waals surface area contributed by atoms with Crippen LogP contribution in [0.3, 0.4) is 0 Å². The molecule has 1 unspecified atom stereocenters. The Balaban J connectivity index is 3.18. The van der Waals surface area contributed by atoms with Crippen LogP contribution in [-0.2, 0) is 0 Å². The lowest BCUT2D eigenvalue weighted by atomic mass is 10.0. The number of hydrogen-bond donors (Lipinski definition) is 1. The first-order valence-electron chi connectivity index (χ1n) is 6.57. The molecule has 0 amide bonds. The molecule has 1 aromatic carbocycles. The molecule has 1 N–H and O–H groups in total. The summed E-state index contributed by atoms with van der Waals surface area (Å²) in [6, 6.07) is 5.37. The van der Waals surface area contributed by atoms with E-state index < -0.39 is 12.7 Å². The van der Waals surface area contributed by atoms with Crippen LogP contribution in [0.25, 0.3) is 0 Å². The number of nitrogens with zero attached hydrogens (tertiary/aromatic N) is 1. The second kappa shape index (κ2) is 7.31. The van der Waals surface area contributed by atoms with Gasteiger partial charge in [0.05, 0.1) is 0 Å². The number of halogens is 4. The Bertz CT molecular complexity index is 435. The molecule has 1 atom stereocenters. The summed E-state index contributed by atoms with van der Waals surface area (Å²) in [5.41, 5.74) is 1.49. The number of benzene rings is 1. The van der Waals surface area contributed by atoms with Crippen LogP contribution in [0.15, 0.2) is 22.7 Å². The van der Waals surface area contributed by atoms with Gasteiger partial charge in [0.1, 0.15) is 6.54 Å². The van der Waals surface area contributed by atoms with Crippen LogP contribution in [0.4, 0.5) is 18.9 Å². The molecule has 2 nitrogen and oxygen atoms in total.